The van der Waals surface area contributed by atoms with E-state index in [1.165, 1.54) is 0 Å². The van der Waals surface area contributed by atoms with Crippen LogP contribution in [0.1, 0.15) is 28.8 Å². The molecule has 0 amide bonds. The van der Waals surface area contributed by atoms with Crippen molar-refractivity contribution in [1.29, 1.82) is 0 Å². The molecule has 0 N–H and O–H groups in total. The Kier molecular flexibility index (Phi) is 6.99. The van der Waals surface area contributed by atoms with Crippen LogP contribution in [0.15, 0.2) is 60.7 Å². The number of Topliss-reactive ketones (excluding diaryl/α,β-unsaturated/α-hetero) is 1. The van der Waals surface area contributed by atoms with Crippen molar-refractivity contribution >= 4 is 11.9 Å². The van der Waals surface area contributed by atoms with E-state index in [1.807, 2.05) is 66.7 Å². The minimum atomic E-state index is 0. The molecule has 0 unspecified atom stereocenters. The van der Waals surface area contributed by atoms with E-state index >= 15 is 0 Å². The van der Waals surface area contributed by atoms with Gasteiger partial charge in [-0.15, -0.1) is 18.6 Å². The molecule has 0 aliphatic heterocycles. The normalized spacial score (nSPS) is 10.1. The van der Waals surface area contributed by atoms with Crippen molar-refractivity contribution in [2.75, 3.05) is 0 Å². The van der Waals surface area contributed by atoms with Gasteiger partial charge in [0.05, 0.1) is 0 Å². The van der Waals surface area contributed by atoms with Gasteiger partial charge in [-0.3, -0.25) is 10.9 Å². The molecule has 19 heavy (non-hydrogen) atoms. The maximum Gasteiger partial charge on any atom is 0.161 e. The Morgan fingerprint density at radius 1 is 0.947 bits per heavy atom. The first-order valence-corrected chi connectivity index (χ1v) is 6.06. The third-order valence-electron chi connectivity index (χ3n) is 2.66. The smallest absolute Gasteiger partial charge is 0.161 e. The molecular formula is C17H15ORh-. The van der Waals surface area contributed by atoms with E-state index in [0.717, 1.165) is 11.1 Å². The Morgan fingerprint density at radius 2 is 1.53 bits per heavy atom. The summed E-state index contributed by atoms with van der Waals surface area (Å²) in [7, 11) is 0. The van der Waals surface area contributed by atoms with E-state index in [-0.39, 0.29) is 25.3 Å². The maximum atomic E-state index is 11.8. The molecule has 1 nitrogen and oxygen atoms in total. The molecule has 2 aromatic carbocycles. The standard InChI is InChI=1S/C17H15O.Rh/c18-17(16-12-5-2-6-13-16)14-8-7-11-15-9-3-1-4-10-15;/h1-6,9-13H,8,14H2;/q-1;. The van der Waals surface area contributed by atoms with Crippen molar-refractivity contribution in [2.24, 2.45) is 0 Å². The van der Waals surface area contributed by atoms with Crippen LogP contribution in [0, 0.1) is 6.08 Å². The van der Waals surface area contributed by atoms with Crippen LogP contribution in [-0.2, 0) is 19.5 Å². The average Bonchev–Trinajstić information content (AvgIpc) is 2.45. The molecule has 0 saturated carbocycles. The zero-order valence-electron chi connectivity index (χ0n) is 10.5. The molecule has 2 rings (SSSR count). The van der Waals surface area contributed by atoms with Crippen LogP contribution < -0.4 is 0 Å². The summed E-state index contributed by atoms with van der Waals surface area (Å²) >= 11 is 0. The first-order valence-electron chi connectivity index (χ1n) is 6.06. The topological polar surface area (TPSA) is 17.1 Å². The molecule has 2 heteroatoms. The van der Waals surface area contributed by atoms with Crippen LogP contribution in [0.3, 0.4) is 0 Å². The monoisotopic (exact) mass is 338 g/mol. The number of ketones is 1. The fourth-order valence-electron chi connectivity index (χ4n) is 1.69. The second-order valence-electron chi connectivity index (χ2n) is 4.05. The number of hydrogen-bond donors (Lipinski definition) is 0. The van der Waals surface area contributed by atoms with Crippen molar-refractivity contribution < 1.29 is 24.3 Å². The molecular weight excluding hydrogens is 323 g/mol. The van der Waals surface area contributed by atoms with Gasteiger partial charge in [-0.2, -0.15) is 5.56 Å². The minimum absolute atomic E-state index is 0. The SMILES string of the molecule is O=C(CC[C-]=Cc1ccccc1)c1ccccc1.[Rh]. The summed E-state index contributed by atoms with van der Waals surface area (Å²) in [5, 5.41) is 0. The second kappa shape index (κ2) is 8.55. The van der Waals surface area contributed by atoms with E-state index in [4.69, 9.17) is 0 Å². The third-order valence-corrected chi connectivity index (χ3v) is 2.66. The van der Waals surface area contributed by atoms with Gasteiger partial charge in [0, 0.05) is 25.0 Å². The van der Waals surface area contributed by atoms with Gasteiger partial charge in [0.1, 0.15) is 0 Å². The molecule has 0 aromatic heterocycles. The van der Waals surface area contributed by atoms with Gasteiger partial charge in [-0.1, -0.05) is 48.5 Å². The van der Waals surface area contributed by atoms with E-state index < -0.39 is 0 Å². The summed E-state index contributed by atoms with van der Waals surface area (Å²) < 4.78 is 0. The van der Waals surface area contributed by atoms with Crippen LogP contribution in [0.2, 0.25) is 0 Å². The zero-order valence-corrected chi connectivity index (χ0v) is 12.1. The van der Waals surface area contributed by atoms with Crippen molar-refractivity contribution in [3.8, 4) is 0 Å². The van der Waals surface area contributed by atoms with Gasteiger partial charge in [0.25, 0.3) is 0 Å². The van der Waals surface area contributed by atoms with Crippen LogP contribution in [0.5, 0.6) is 0 Å². The number of carbonyl (C=O) groups is 1. The number of allylic oxidation sites excluding steroid dienone is 1. The summed E-state index contributed by atoms with van der Waals surface area (Å²) in [6.45, 7) is 0. The third kappa shape index (κ3) is 5.32. The molecule has 0 aliphatic rings. The molecule has 0 aliphatic carbocycles. The van der Waals surface area contributed by atoms with Crippen molar-refractivity contribution in [1.82, 2.24) is 0 Å². The molecule has 0 heterocycles. The molecule has 0 fully saturated rings. The van der Waals surface area contributed by atoms with Gasteiger partial charge in [-0.25, -0.2) is 6.08 Å². The molecule has 0 bridgehead atoms. The van der Waals surface area contributed by atoms with Crippen LogP contribution in [0.25, 0.3) is 6.08 Å². The first-order chi connectivity index (χ1) is 8.86. The number of benzene rings is 2. The summed E-state index contributed by atoms with van der Waals surface area (Å²) in [4.78, 5) is 11.8. The van der Waals surface area contributed by atoms with Gasteiger partial charge in [-0.05, 0) is 6.42 Å². The molecule has 2 aromatic rings. The first kappa shape index (κ1) is 15.5. The number of carbonyl (C=O) groups excluding carboxylic acids is 1. The summed E-state index contributed by atoms with van der Waals surface area (Å²) in [5.74, 6) is 0.171. The number of hydrogen-bond acceptors (Lipinski definition) is 1. The minimum Gasteiger partial charge on any atom is -0.294 e. The second-order valence-corrected chi connectivity index (χ2v) is 4.05. The summed E-state index contributed by atoms with van der Waals surface area (Å²) in [6, 6.07) is 19.4. The van der Waals surface area contributed by atoms with E-state index in [1.54, 1.807) is 0 Å². The van der Waals surface area contributed by atoms with E-state index in [0.29, 0.717) is 12.8 Å². The van der Waals surface area contributed by atoms with Crippen molar-refractivity contribution in [2.45, 2.75) is 12.8 Å². The molecule has 1 radical (unpaired) electrons. The quantitative estimate of drug-likeness (QED) is 0.454. The zero-order chi connectivity index (χ0) is 12.6. The Labute approximate surface area is 127 Å². The Morgan fingerprint density at radius 3 is 2.16 bits per heavy atom. The Bertz CT molecular complexity index is 517. The Balaban J connectivity index is 0.00000180. The van der Waals surface area contributed by atoms with Gasteiger partial charge in [0.2, 0.25) is 0 Å². The summed E-state index contributed by atoms with van der Waals surface area (Å²) in [5.41, 5.74) is 1.89. The van der Waals surface area contributed by atoms with E-state index in [9.17, 15) is 4.79 Å². The maximum absolute atomic E-state index is 11.8. The van der Waals surface area contributed by atoms with Crippen LogP contribution in [-0.4, -0.2) is 5.78 Å². The Hall–Kier alpha value is -1.53. The van der Waals surface area contributed by atoms with E-state index in [2.05, 4.69) is 6.08 Å². The average molecular weight is 338 g/mol. The van der Waals surface area contributed by atoms with Crippen LogP contribution in [0.4, 0.5) is 0 Å². The fraction of sp³-hybridized carbons (Fsp3) is 0.118. The predicted octanol–water partition coefficient (Wildman–Crippen LogP) is 4.16. The number of rotatable bonds is 5. The fourth-order valence-corrected chi connectivity index (χ4v) is 1.69. The van der Waals surface area contributed by atoms with Crippen molar-refractivity contribution in [3.63, 3.8) is 0 Å². The predicted molar refractivity (Wildman–Crippen MR) is 74.2 cm³/mol. The molecule has 0 saturated heterocycles. The largest absolute Gasteiger partial charge is 0.294 e. The van der Waals surface area contributed by atoms with Gasteiger partial charge < -0.3 is 0 Å². The van der Waals surface area contributed by atoms with Crippen molar-refractivity contribution in [3.05, 3.63) is 77.9 Å². The van der Waals surface area contributed by atoms with Gasteiger partial charge in [0.15, 0.2) is 5.78 Å². The summed E-state index contributed by atoms with van der Waals surface area (Å²) in [6.07, 6.45) is 6.25. The van der Waals surface area contributed by atoms with Crippen LogP contribution >= 0.6 is 0 Å². The molecule has 99 valence electrons. The molecule has 0 atom stereocenters. The van der Waals surface area contributed by atoms with Gasteiger partial charge >= 0.3 is 0 Å². The molecule has 0 spiro atoms.